The Bertz CT molecular complexity index is 1170. The molecule has 0 aliphatic carbocycles. The molecule has 3 aromatic rings. The largest absolute Gasteiger partial charge is 0.370 e. The first-order valence-corrected chi connectivity index (χ1v) is 12.6. The summed E-state index contributed by atoms with van der Waals surface area (Å²) in [7, 11) is 0. The zero-order valence-corrected chi connectivity index (χ0v) is 20.4. The number of aryl methyl sites for hydroxylation is 1. The van der Waals surface area contributed by atoms with E-state index in [1.807, 2.05) is 34.2 Å². The van der Waals surface area contributed by atoms with E-state index in [1.54, 1.807) is 18.3 Å². The Morgan fingerprint density at radius 1 is 1.03 bits per heavy atom. The average molecular weight is 479 g/mol. The number of nitrogens with zero attached hydrogens (tertiary/aromatic N) is 4. The number of hydrogen-bond donors (Lipinski definition) is 0. The van der Waals surface area contributed by atoms with Gasteiger partial charge >= 0.3 is 0 Å². The van der Waals surface area contributed by atoms with E-state index in [0.29, 0.717) is 10.9 Å². The summed E-state index contributed by atoms with van der Waals surface area (Å²) >= 11 is 8.46. The van der Waals surface area contributed by atoms with Crippen molar-refractivity contribution in [1.29, 1.82) is 0 Å². The third kappa shape index (κ3) is 4.25. The molecule has 0 spiro atoms. The molecule has 1 saturated heterocycles. The molecule has 0 amide bonds. The number of amidine groups is 1. The van der Waals surface area contributed by atoms with Gasteiger partial charge in [-0.05, 0) is 68.0 Å². The molecule has 33 heavy (non-hydrogen) atoms. The van der Waals surface area contributed by atoms with E-state index in [0.717, 1.165) is 35.0 Å². The summed E-state index contributed by atoms with van der Waals surface area (Å²) in [6, 6.07) is 18.5. The highest BCUT2D eigenvalue weighted by Gasteiger charge is 2.40. The van der Waals surface area contributed by atoms with Crippen LogP contribution in [0.4, 0.5) is 17.1 Å². The van der Waals surface area contributed by atoms with Crippen molar-refractivity contribution in [3.05, 3.63) is 75.4 Å². The van der Waals surface area contributed by atoms with Gasteiger partial charge in [-0.3, -0.25) is 9.69 Å². The summed E-state index contributed by atoms with van der Waals surface area (Å²) in [6.45, 7) is 5.69. The summed E-state index contributed by atoms with van der Waals surface area (Å²) in [4.78, 5) is 18.2. The molecule has 0 bridgehead atoms. The lowest BCUT2D eigenvalue weighted by molar-refractivity contribution is -0.111. The molecule has 0 N–H and O–H groups in total. The average Bonchev–Trinajstić information content (AvgIpc) is 3.48. The van der Waals surface area contributed by atoms with Crippen molar-refractivity contribution in [2.45, 2.75) is 39.3 Å². The molecular weight excluding hydrogens is 452 g/mol. The first-order chi connectivity index (χ1) is 16.0. The van der Waals surface area contributed by atoms with Crippen LogP contribution in [0.5, 0.6) is 0 Å². The number of rotatable bonds is 5. The highest BCUT2D eigenvalue weighted by atomic mass is 35.5. The van der Waals surface area contributed by atoms with Gasteiger partial charge in [0.1, 0.15) is 0 Å². The molecule has 2 aromatic carbocycles. The van der Waals surface area contributed by atoms with Gasteiger partial charge < -0.3 is 4.90 Å². The third-order valence-corrected chi connectivity index (χ3v) is 7.44. The molecule has 170 valence electrons. The van der Waals surface area contributed by atoms with Gasteiger partial charge in [0.2, 0.25) is 0 Å². The second-order valence-corrected chi connectivity index (χ2v) is 9.99. The Kier molecular flexibility index (Phi) is 6.13. The maximum absolute atomic E-state index is 12.7. The Hall–Kier alpha value is -2.83. The smallest absolute Gasteiger partial charge is 0.198 e. The normalized spacial score (nSPS) is 18.6. The molecule has 1 atom stereocenters. The Labute approximate surface area is 203 Å². The summed E-state index contributed by atoms with van der Waals surface area (Å²) in [5, 5.41) is 9.50. The van der Waals surface area contributed by atoms with Gasteiger partial charge in [0.25, 0.3) is 0 Å². The van der Waals surface area contributed by atoms with Crippen molar-refractivity contribution in [3.8, 4) is 0 Å². The number of carbonyl (C=O) groups is 1. The van der Waals surface area contributed by atoms with E-state index in [2.05, 4.69) is 47.5 Å². The highest BCUT2D eigenvalue weighted by Crippen LogP contribution is 2.42. The molecule has 7 heteroatoms. The van der Waals surface area contributed by atoms with E-state index in [-0.39, 0.29) is 11.9 Å². The number of hydrazone groups is 1. The van der Waals surface area contributed by atoms with Gasteiger partial charge in [-0.15, -0.1) is 16.4 Å². The van der Waals surface area contributed by atoms with Crippen molar-refractivity contribution >= 4 is 51.6 Å². The number of carbonyl (C=O) groups excluding carboxylic acids is 1. The highest BCUT2D eigenvalue weighted by molar-refractivity contribution is 7.10. The number of thiophene rings is 1. The van der Waals surface area contributed by atoms with Crippen LogP contribution in [0.2, 0.25) is 5.02 Å². The van der Waals surface area contributed by atoms with E-state index < -0.39 is 0 Å². The monoisotopic (exact) mass is 478 g/mol. The molecule has 2 aliphatic rings. The van der Waals surface area contributed by atoms with Crippen LogP contribution in [0.15, 0.2) is 65.1 Å². The quantitative estimate of drug-likeness (QED) is 0.412. The van der Waals surface area contributed by atoms with Gasteiger partial charge in [0.15, 0.2) is 17.8 Å². The molecular formula is C26H27ClN4OS. The van der Waals surface area contributed by atoms with Gasteiger partial charge in [-0.2, -0.15) is 0 Å². The summed E-state index contributed by atoms with van der Waals surface area (Å²) < 4.78 is 0. The van der Waals surface area contributed by atoms with Crippen LogP contribution < -0.4 is 14.8 Å². The number of piperidine rings is 1. The molecule has 2 aliphatic heterocycles. The molecule has 3 heterocycles. The number of anilines is 3. The minimum absolute atomic E-state index is 0.0811. The van der Waals surface area contributed by atoms with Gasteiger partial charge in [-0.1, -0.05) is 35.4 Å². The molecule has 0 radical (unpaired) electrons. The molecule has 5 nitrogen and oxygen atoms in total. The SMILES string of the molecule is CC(=O)C1=NN(c2ccc(C)cc2)[C@H](c2cccs2)N1c1ccc(N2CCCCC2)c(Cl)c1. The minimum atomic E-state index is -0.261. The zero-order valence-electron chi connectivity index (χ0n) is 18.9. The number of halogens is 1. The first kappa shape index (κ1) is 22.0. The lowest BCUT2D eigenvalue weighted by Gasteiger charge is -2.33. The first-order valence-electron chi connectivity index (χ1n) is 11.4. The van der Waals surface area contributed by atoms with Crippen molar-refractivity contribution in [2.24, 2.45) is 5.10 Å². The van der Waals surface area contributed by atoms with Crippen LogP contribution in [0.1, 0.15) is 42.8 Å². The topological polar surface area (TPSA) is 39.2 Å². The number of hydrogen-bond acceptors (Lipinski definition) is 6. The van der Waals surface area contributed by atoms with Crippen molar-refractivity contribution in [1.82, 2.24) is 0 Å². The predicted molar refractivity (Wildman–Crippen MR) is 139 cm³/mol. The number of ketones is 1. The van der Waals surface area contributed by atoms with Crippen molar-refractivity contribution in [3.63, 3.8) is 0 Å². The van der Waals surface area contributed by atoms with E-state index in [1.165, 1.54) is 24.8 Å². The maximum atomic E-state index is 12.7. The standard InChI is InChI=1S/C26H27ClN4OS/c1-18-8-10-20(11-9-18)31-26(24-7-6-16-33-24)30(25(28-31)19(2)32)21-12-13-23(22(27)17-21)29-14-4-3-5-15-29/h6-13,16-17,26H,3-5,14-15H2,1-2H3/t26-/m1/s1. The van der Waals surface area contributed by atoms with Gasteiger partial charge in [0, 0.05) is 30.6 Å². The third-order valence-electron chi connectivity index (χ3n) is 6.22. The van der Waals surface area contributed by atoms with Gasteiger partial charge in [0.05, 0.1) is 16.4 Å². The van der Waals surface area contributed by atoms with E-state index >= 15 is 0 Å². The van der Waals surface area contributed by atoms with Crippen LogP contribution in [0, 0.1) is 6.92 Å². The maximum Gasteiger partial charge on any atom is 0.198 e. The summed E-state index contributed by atoms with van der Waals surface area (Å²) in [5.41, 5.74) is 4.04. The molecule has 1 fully saturated rings. The molecule has 1 aromatic heterocycles. The summed E-state index contributed by atoms with van der Waals surface area (Å²) in [6.07, 6.45) is 3.40. The zero-order chi connectivity index (χ0) is 22.9. The molecule has 0 saturated carbocycles. The van der Waals surface area contributed by atoms with Crippen molar-refractivity contribution in [2.75, 3.05) is 27.9 Å². The fraction of sp³-hybridized carbons (Fsp3) is 0.308. The van der Waals surface area contributed by atoms with E-state index in [4.69, 9.17) is 16.7 Å². The van der Waals surface area contributed by atoms with Crippen molar-refractivity contribution < 1.29 is 4.79 Å². The fourth-order valence-electron chi connectivity index (χ4n) is 4.55. The fourth-order valence-corrected chi connectivity index (χ4v) is 5.65. The minimum Gasteiger partial charge on any atom is -0.370 e. The number of Topliss-reactive ketones (excluding diaryl/α,β-unsaturated/α-hetero) is 1. The Balaban J connectivity index is 1.58. The number of benzene rings is 2. The van der Waals surface area contributed by atoms with Crippen LogP contribution in [0.3, 0.4) is 0 Å². The van der Waals surface area contributed by atoms with Crippen LogP contribution in [-0.4, -0.2) is 24.7 Å². The second kappa shape index (κ2) is 9.20. The second-order valence-electron chi connectivity index (χ2n) is 8.60. The van der Waals surface area contributed by atoms with Gasteiger partial charge in [-0.25, -0.2) is 5.01 Å². The lowest BCUT2D eigenvalue weighted by Crippen LogP contribution is -2.37. The Morgan fingerprint density at radius 2 is 1.76 bits per heavy atom. The molecule has 0 unspecified atom stereocenters. The van der Waals surface area contributed by atoms with Crippen LogP contribution in [0.25, 0.3) is 0 Å². The van der Waals surface area contributed by atoms with E-state index in [9.17, 15) is 4.79 Å². The van der Waals surface area contributed by atoms with Crippen LogP contribution >= 0.6 is 22.9 Å². The molecule has 5 rings (SSSR count). The predicted octanol–water partition coefficient (Wildman–Crippen LogP) is 6.63. The lowest BCUT2D eigenvalue weighted by atomic mass is 10.1. The summed E-state index contributed by atoms with van der Waals surface area (Å²) in [5.74, 6) is 0.332. The van der Waals surface area contributed by atoms with Crippen LogP contribution in [-0.2, 0) is 4.79 Å². The Morgan fingerprint density at radius 3 is 2.39 bits per heavy atom.